The smallest absolute Gasteiger partial charge is 0.270 e. The van der Waals surface area contributed by atoms with E-state index >= 15 is 0 Å². The zero-order valence-electron chi connectivity index (χ0n) is 15.2. The van der Waals surface area contributed by atoms with Gasteiger partial charge in [0.2, 0.25) is 0 Å². The van der Waals surface area contributed by atoms with Crippen molar-refractivity contribution >= 4 is 28.1 Å². The van der Waals surface area contributed by atoms with Crippen LogP contribution in [-0.4, -0.2) is 22.0 Å². The molecule has 27 heavy (non-hydrogen) atoms. The standard InChI is InChI=1S/C22H21N3OS/c1-16-14-18-10-5-6-11-20(18)25(16)13-7-12-23-21(26)19-15-27-22(24-19)17-8-3-2-4-9-17/h2-6,8-11,14-15H,7,12-13H2,1H3,(H,23,26). The number of aromatic nitrogens is 2. The van der Waals surface area contributed by atoms with Gasteiger partial charge in [0, 0.05) is 35.2 Å². The molecule has 0 atom stereocenters. The van der Waals surface area contributed by atoms with Crippen LogP contribution in [0.3, 0.4) is 0 Å². The van der Waals surface area contributed by atoms with Gasteiger partial charge in [-0.05, 0) is 30.9 Å². The van der Waals surface area contributed by atoms with Crippen LogP contribution in [0.15, 0.2) is 66.0 Å². The number of nitrogens with zero attached hydrogens (tertiary/aromatic N) is 2. The molecule has 4 rings (SSSR count). The monoisotopic (exact) mass is 375 g/mol. The summed E-state index contributed by atoms with van der Waals surface area (Å²) in [6, 6.07) is 20.5. The molecule has 0 aliphatic carbocycles. The van der Waals surface area contributed by atoms with Gasteiger partial charge in [-0.2, -0.15) is 0 Å². The highest BCUT2D eigenvalue weighted by Crippen LogP contribution is 2.23. The number of thiazole rings is 1. The zero-order valence-corrected chi connectivity index (χ0v) is 16.0. The van der Waals surface area contributed by atoms with Crippen LogP contribution in [0.1, 0.15) is 22.6 Å². The Morgan fingerprint density at radius 3 is 2.74 bits per heavy atom. The van der Waals surface area contributed by atoms with E-state index in [9.17, 15) is 4.79 Å². The fourth-order valence-corrected chi connectivity index (χ4v) is 4.07. The van der Waals surface area contributed by atoms with E-state index in [1.54, 1.807) is 0 Å². The molecule has 0 fully saturated rings. The molecule has 5 heteroatoms. The number of carbonyl (C=O) groups excluding carboxylic acids is 1. The molecule has 1 amide bonds. The second-order valence-corrected chi connectivity index (χ2v) is 7.37. The molecule has 4 aromatic rings. The van der Waals surface area contributed by atoms with Crippen LogP contribution in [0.25, 0.3) is 21.5 Å². The molecular weight excluding hydrogens is 354 g/mol. The summed E-state index contributed by atoms with van der Waals surface area (Å²) < 4.78 is 2.30. The average Bonchev–Trinajstić information content (AvgIpc) is 3.31. The maximum absolute atomic E-state index is 12.4. The van der Waals surface area contributed by atoms with Gasteiger partial charge in [-0.3, -0.25) is 4.79 Å². The molecule has 1 N–H and O–H groups in total. The van der Waals surface area contributed by atoms with E-state index in [0.29, 0.717) is 12.2 Å². The third-order valence-electron chi connectivity index (χ3n) is 4.62. The van der Waals surface area contributed by atoms with Crippen molar-refractivity contribution in [1.82, 2.24) is 14.9 Å². The number of benzene rings is 2. The van der Waals surface area contributed by atoms with Gasteiger partial charge in [-0.25, -0.2) is 4.98 Å². The number of rotatable bonds is 6. The fourth-order valence-electron chi connectivity index (χ4n) is 3.27. The second-order valence-electron chi connectivity index (χ2n) is 6.51. The van der Waals surface area contributed by atoms with E-state index < -0.39 is 0 Å². The second kappa shape index (κ2) is 7.76. The van der Waals surface area contributed by atoms with Crippen LogP contribution < -0.4 is 5.32 Å². The molecule has 0 saturated heterocycles. The lowest BCUT2D eigenvalue weighted by Gasteiger charge is -2.09. The number of hydrogen-bond acceptors (Lipinski definition) is 3. The average molecular weight is 375 g/mol. The minimum absolute atomic E-state index is 0.109. The topological polar surface area (TPSA) is 46.9 Å². The van der Waals surface area contributed by atoms with E-state index in [2.05, 4.69) is 52.1 Å². The molecule has 136 valence electrons. The minimum atomic E-state index is -0.109. The lowest BCUT2D eigenvalue weighted by Crippen LogP contribution is -2.25. The van der Waals surface area contributed by atoms with Gasteiger partial charge in [-0.15, -0.1) is 11.3 Å². The number of para-hydroxylation sites is 1. The Bertz CT molecular complexity index is 1070. The lowest BCUT2D eigenvalue weighted by molar-refractivity contribution is 0.0948. The van der Waals surface area contributed by atoms with Gasteiger partial charge in [-0.1, -0.05) is 48.5 Å². The number of nitrogens with one attached hydrogen (secondary N) is 1. The van der Waals surface area contributed by atoms with Gasteiger partial charge in [0.25, 0.3) is 5.91 Å². The number of amides is 1. The molecule has 0 aliphatic heterocycles. The third-order valence-corrected chi connectivity index (χ3v) is 5.51. The van der Waals surface area contributed by atoms with Crippen LogP contribution in [0.2, 0.25) is 0 Å². The predicted octanol–water partition coefficient (Wildman–Crippen LogP) is 4.89. The number of aryl methyl sites for hydroxylation is 2. The van der Waals surface area contributed by atoms with Gasteiger partial charge in [0.05, 0.1) is 0 Å². The first-order chi connectivity index (χ1) is 13.2. The van der Waals surface area contributed by atoms with Gasteiger partial charge in [0.1, 0.15) is 10.7 Å². The normalized spacial score (nSPS) is 11.0. The van der Waals surface area contributed by atoms with Crippen molar-refractivity contribution in [3.63, 3.8) is 0 Å². The van der Waals surface area contributed by atoms with Crippen molar-refractivity contribution < 1.29 is 4.79 Å². The van der Waals surface area contributed by atoms with Crippen molar-refractivity contribution in [2.75, 3.05) is 6.54 Å². The molecule has 0 bridgehead atoms. The molecule has 0 aliphatic rings. The summed E-state index contributed by atoms with van der Waals surface area (Å²) in [6.45, 7) is 3.63. The number of carbonyl (C=O) groups is 1. The van der Waals surface area contributed by atoms with Crippen LogP contribution in [-0.2, 0) is 6.54 Å². The Morgan fingerprint density at radius 1 is 1.11 bits per heavy atom. The van der Waals surface area contributed by atoms with Crippen molar-refractivity contribution in [2.24, 2.45) is 0 Å². The largest absolute Gasteiger partial charge is 0.351 e. The van der Waals surface area contributed by atoms with Gasteiger partial charge >= 0.3 is 0 Å². The molecular formula is C22H21N3OS. The van der Waals surface area contributed by atoms with Crippen LogP contribution >= 0.6 is 11.3 Å². The van der Waals surface area contributed by atoms with Crippen molar-refractivity contribution in [3.8, 4) is 10.6 Å². The summed E-state index contributed by atoms with van der Waals surface area (Å²) in [5.74, 6) is -0.109. The lowest BCUT2D eigenvalue weighted by atomic mass is 10.2. The number of hydrogen-bond donors (Lipinski definition) is 1. The minimum Gasteiger partial charge on any atom is -0.351 e. The highest BCUT2D eigenvalue weighted by molar-refractivity contribution is 7.13. The molecule has 0 radical (unpaired) electrons. The van der Waals surface area contributed by atoms with E-state index in [-0.39, 0.29) is 5.91 Å². The first-order valence-electron chi connectivity index (χ1n) is 9.06. The van der Waals surface area contributed by atoms with Crippen LogP contribution in [0.5, 0.6) is 0 Å². The Hall–Kier alpha value is -2.92. The zero-order chi connectivity index (χ0) is 18.6. The molecule has 0 unspecified atom stereocenters. The first kappa shape index (κ1) is 17.5. The summed E-state index contributed by atoms with van der Waals surface area (Å²) >= 11 is 1.50. The van der Waals surface area contributed by atoms with E-state index in [1.807, 2.05) is 35.7 Å². The molecule has 0 saturated carbocycles. The Morgan fingerprint density at radius 2 is 1.89 bits per heavy atom. The van der Waals surface area contributed by atoms with Gasteiger partial charge < -0.3 is 9.88 Å². The fraction of sp³-hybridized carbons (Fsp3) is 0.182. The summed E-state index contributed by atoms with van der Waals surface area (Å²) in [7, 11) is 0. The highest BCUT2D eigenvalue weighted by Gasteiger charge is 2.11. The number of fused-ring (bicyclic) bond motifs is 1. The van der Waals surface area contributed by atoms with Crippen LogP contribution in [0.4, 0.5) is 0 Å². The first-order valence-corrected chi connectivity index (χ1v) is 9.94. The Balaban J connectivity index is 1.33. The Labute approximate surface area is 162 Å². The SMILES string of the molecule is Cc1cc2ccccc2n1CCCNC(=O)c1csc(-c2ccccc2)n1. The summed E-state index contributed by atoms with van der Waals surface area (Å²) in [5.41, 5.74) is 4.01. The Kier molecular flexibility index (Phi) is 5.03. The molecule has 0 spiro atoms. The molecule has 4 nitrogen and oxygen atoms in total. The third kappa shape index (κ3) is 3.78. The van der Waals surface area contributed by atoms with E-state index in [1.165, 1.54) is 27.9 Å². The highest BCUT2D eigenvalue weighted by atomic mass is 32.1. The molecule has 2 aromatic heterocycles. The van der Waals surface area contributed by atoms with Gasteiger partial charge in [0.15, 0.2) is 0 Å². The van der Waals surface area contributed by atoms with Crippen LogP contribution in [0, 0.1) is 6.92 Å². The molecule has 2 aromatic carbocycles. The summed E-state index contributed by atoms with van der Waals surface area (Å²) in [5, 5.41) is 6.94. The predicted molar refractivity (Wildman–Crippen MR) is 111 cm³/mol. The van der Waals surface area contributed by atoms with Crippen molar-refractivity contribution in [2.45, 2.75) is 19.9 Å². The summed E-state index contributed by atoms with van der Waals surface area (Å²) in [6.07, 6.45) is 0.876. The quantitative estimate of drug-likeness (QED) is 0.488. The molecule has 2 heterocycles. The maximum Gasteiger partial charge on any atom is 0.270 e. The van der Waals surface area contributed by atoms with E-state index in [0.717, 1.165) is 23.5 Å². The maximum atomic E-state index is 12.4. The summed E-state index contributed by atoms with van der Waals surface area (Å²) in [4.78, 5) is 16.8. The van der Waals surface area contributed by atoms with Crippen molar-refractivity contribution in [1.29, 1.82) is 0 Å². The van der Waals surface area contributed by atoms with Crippen molar-refractivity contribution in [3.05, 3.63) is 77.4 Å². The van der Waals surface area contributed by atoms with E-state index in [4.69, 9.17) is 0 Å².